The van der Waals surface area contributed by atoms with E-state index in [9.17, 15) is 13.2 Å². The molecule has 0 saturated carbocycles. The zero-order valence-electron chi connectivity index (χ0n) is 9.41. The molecule has 1 aromatic heterocycles. The van der Waals surface area contributed by atoms with Gasteiger partial charge in [-0.25, -0.2) is 4.68 Å². The lowest BCUT2D eigenvalue weighted by molar-refractivity contribution is 0.481. The van der Waals surface area contributed by atoms with Gasteiger partial charge in [-0.15, -0.1) is 0 Å². The predicted molar refractivity (Wildman–Crippen MR) is 65.8 cm³/mol. The fourth-order valence-corrected chi connectivity index (χ4v) is 2.18. The molecule has 2 rings (SSSR count). The summed E-state index contributed by atoms with van der Waals surface area (Å²) in [6, 6.07) is 10.4. The topological polar surface area (TPSA) is 92.2 Å². The van der Waals surface area contributed by atoms with Gasteiger partial charge >= 0.3 is 0 Å². The summed E-state index contributed by atoms with van der Waals surface area (Å²) in [5.41, 5.74) is 0.746. The Labute approximate surface area is 104 Å². The first-order chi connectivity index (χ1) is 8.44. The fourth-order valence-electron chi connectivity index (χ4n) is 1.64. The summed E-state index contributed by atoms with van der Waals surface area (Å²) in [5.74, 6) is -0.593. The number of H-pyrrole nitrogens is 1. The van der Waals surface area contributed by atoms with Gasteiger partial charge in [-0.05, 0) is 5.56 Å². The molecule has 18 heavy (non-hydrogen) atoms. The van der Waals surface area contributed by atoms with Crippen molar-refractivity contribution in [3.8, 4) is 0 Å². The maximum atomic E-state index is 11.6. The zero-order chi connectivity index (χ0) is 13.2. The van der Waals surface area contributed by atoms with Crippen molar-refractivity contribution < 1.29 is 13.0 Å². The Hall–Kier alpha value is -1.86. The summed E-state index contributed by atoms with van der Waals surface area (Å²) in [6.45, 7) is 0.325. The first-order valence-corrected chi connectivity index (χ1v) is 6.83. The van der Waals surface area contributed by atoms with Crippen LogP contribution in [0.25, 0.3) is 0 Å². The molecule has 0 aliphatic heterocycles. The predicted octanol–water partition coefficient (Wildman–Crippen LogP) is 0.612. The average Bonchev–Trinajstić information content (AvgIpc) is 2.58. The minimum absolute atomic E-state index is 0.165. The van der Waals surface area contributed by atoms with E-state index >= 15 is 0 Å². The summed E-state index contributed by atoms with van der Waals surface area (Å²) in [5, 5.41) is 2.65. The lowest BCUT2D eigenvalue weighted by Crippen LogP contribution is -2.16. The van der Waals surface area contributed by atoms with Crippen molar-refractivity contribution in [2.24, 2.45) is 0 Å². The van der Waals surface area contributed by atoms with Crippen LogP contribution in [0.5, 0.6) is 0 Å². The SMILES string of the molecule is O=c1cc(CS(=O)(=O)O)[nH]n1Cc1ccccc1. The van der Waals surface area contributed by atoms with Crippen LogP contribution < -0.4 is 5.56 Å². The summed E-state index contributed by atoms with van der Waals surface area (Å²) in [6.07, 6.45) is 0. The van der Waals surface area contributed by atoms with Crippen LogP contribution in [0, 0.1) is 0 Å². The third-order valence-electron chi connectivity index (χ3n) is 2.36. The molecule has 0 spiro atoms. The fraction of sp³-hybridized carbons (Fsp3) is 0.182. The Bertz CT molecular complexity index is 685. The first kappa shape index (κ1) is 12.6. The third kappa shape index (κ3) is 3.31. The summed E-state index contributed by atoms with van der Waals surface area (Å²) >= 11 is 0. The van der Waals surface area contributed by atoms with E-state index in [1.807, 2.05) is 30.3 Å². The molecule has 1 heterocycles. The normalized spacial score (nSPS) is 11.6. The van der Waals surface area contributed by atoms with E-state index in [-0.39, 0.29) is 11.3 Å². The Morgan fingerprint density at radius 3 is 2.50 bits per heavy atom. The van der Waals surface area contributed by atoms with Gasteiger partial charge in [0.05, 0.1) is 12.2 Å². The molecule has 0 amide bonds. The molecule has 7 heteroatoms. The van der Waals surface area contributed by atoms with E-state index in [0.29, 0.717) is 6.54 Å². The van der Waals surface area contributed by atoms with Gasteiger partial charge in [0.25, 0.3) is 15.7 Å². The molecule has 1 aromatic carbocycles. The highest BCUT2D eigenvalue weighted by Crippen LogP contribution is 2.02. The molecule has 0 radical (unpaired) electrons. The molecule has 2 N–H and O–H groups in total. The molecule has 0 atom stereocenters. The highest BCUT2D eigenvalue weighted by atomic mass is 32.2. The van der Waals surface area contributed by atoms with E-state index in [1.54, 1.807) is 0 Å². The van der Waals surface area contributed by atoms with Crippen LogP contribution in [0.4, 0.5) is 0 Å². The highest BCUT2D eigenvalue weighted by Gasteiger charge is 2.10. The monoisotopic (exact) mass is 268 g/mol. The maximum absolute atomic E-state index is 11.6. The Kier molecular flexibility index (Phi) is 3.35. The van der Waals surface area contributed by atoms with Crippen LogP contribution in [-0.4, -0.2) is 22.8 Å². The van der Waals surface area contributed by atoms with Gasteiger partial charge in [0, 0.05) is 6.07 Å². The van der Waals surface area contributed by atoms with Gasteiger partial charge in [0.2, 0.25) is 0 Å². The second-order valence-corrected chi connectivity index (χ2v) is 5.37. The summed E-state index contributed by atoms with van der Waals surface area (Å²) < 4.78 is 31.4. The number of benzene rings is 1. The van der Waals surface area contributed by atoms with Crippen LogP contribution in [0.15, 0.2) is 41.2 Å². The molecule has 0 bridgehead atoms. The molecule has 96 valence electrons. The van der Waals surface area contributed by atoms with Crippen LogP contribution in [0.1, 0.15) is 11.3 Å². The third-order valence-corrected chi connectivity index (χ3v) is 3.04. The number of nitrogens with one attached hydrogen (secondary N) is 1. The van der Waals surface area contributed by atoms with Crippen molar-refractivity contribution in [1.82, 2.24) is 9.78 Å². The van der Waals surface area contributed by atoms with Crippen LogP contribution in [0.2, 0.25) is 0 Å². The van der Waals surface area contributed by atoms with E-state index < -0.39 is 15.9 Å². The highest BCUT2D eigenvalue weighted by molar-refractivity contribution is 7.84. The number of hydrogen-bond donors (Lipinski definition) is 2. The maximum Gasteiger partial charge on any atom is 0.270 e. The van der Waals surface area contributed by atoms with Crippen molar-refractivity contribution in [3.05, 3.63) is 58.0 Å². The number of aromatic amines is 1. The minimum Gasteiger partial charge on any atom is -0.298 e. The number of aromatic nitrogens is 2. The molecule has 2 aromatic rings. The van der Waals surface area contributed by atoms with Crippen molar-refractivity contribution >= 4 is 10.1 Å². The van der Waals surface area contributed by atoms with Gasteiger partial charge in [-0.2, -0.15) is 8.42 Å². The van der Waals surface area contributed by atoms with Crippen LogP contribution in [-0.2, 0) is 22.4 Å². The summed E-state index contributed by atoms with van der Waals surface area (Å²) in [7, 11) is -4.14. The van der Waals surface area contributed by atoms with E-state index in [0.717, 1.165) is 11.6 Å². The molecule has 0 saturated heterocycles. The van der Waals surface area contributed by atoms with Gasteiger partial charge in [-0.1, -0.05) is 30.3 Å². The van der Waals surface area contributed by atoms with E-state index in [1.165, 1.54) is 4.68 Å². The lowest BCUT2D eigenvalue weighted by Gasteiger charge is -2.01. The summed E-state index contributed by atoms with van der Waals surface area (Å²) in [4.78, 5) is 11.6. The van der Waals surface area contributed by atoms with Crippen molar-refractivity contribution in [1.29, 1.82) is 0 Å². The molecule has 0 aliphatic carbocycles. The van der Waals surface area contributed by atoms with Gasteiger partial charge in [0.15, 0.2) is 0 Å². The standard InChI is InChI=1S/C11H12N2O4S/c14-11-6-10(8-18(15,16)17)12-13(11)7-9-4-2-1-3-5-9/h1-6,12H,7-8H2,(H,15,16,17). The quantitative estimate of drug-likeness (QED) is 0.795. The van der Waals surface area contributed by atoms with Crippen LogP contribution >= 0.6 is 0 Å². The molecular weight excluding hydrogens is 256 g/mol. The van der Waals surface area contributed by atoms with Gasteiger partial charge in [0.1, 0.15) is 5.75 Å². The number of hydrogen-bond acceptors (Lipinski definition) is 3. The van der Waals surface area contributed by atoms with Gasteiger partial charge < -0.3 is 0 Å². The molecule has 0 fully saturated rings. The molecular formula is C11H12N2O4S. The average molecular weight is 268 g/mol. The van der Waals surface area contributed by atoms with Crippen molar-refractivity contribution in [2.45, 2.75) is 12.3 Å². The van der Waals surface area contributed by atoms with Crippen LogP contribution in [0.3, 0.4) is 0 Å². The second kappa shape index (κ2) is 4.79. The minimum atomic E-state index is -4.14. The zero-order valence-corrected chi connectivity index (χ0v) is 10.2. The Morgan fingerprint density at radius 2 is 1.89 bits per heavy atom. The van der Waals surface area contributed by atoms with E-state index in [4.69, 9.17) is 4.55 Å². The lowest BCUT2D eigenvalue weighted by atomic mass is 10.2. The molecule has 6 nitrogen and oxygen atoms in total. The Morgan fingerprint density at radius 1 is 1.22 bits per heavy atom. The second-order valence-electron chi connectivity index (χ2n) is 3.92. The number of nitrogens with zero attached hydrogens (tertiary/aromatic N) is 1. The van der Waals surface area contributed by atoms with Crippen molar-refractivity contribution in [2.75, 3.05) is 0 Å². The Balaban J connectivity index is 2.23. The number of rotatable bonds is 4. The van der Waals surface area contributed by atoms with Gasteiger partial charge in [-0.3, -0.25) is 14.4 Å². The molecule has 0 unspecified atom stereocenters. The van der Waals surface area contributed by atoms with E-state index in [2.05, 4.69) is 5.10 Å². The van der Waals surface area contributed by atoms with Crippen molar-refractivity contribution in [3.63, 3.8) is 0 Å². The largest absolute Gasteiger partial charge is 0.298 e. The molecule has 0 aliphatic rings. The smallest absolute Gasteiger partial charge is 0.270 e. The first-order valence-electron chi connectivity index (χ1n) is 5.22.